The molecule has 1 atom stereocenters. The normalized spacial score (nSPS) is 14.0. The van der Waals surface area contributed by atoms with Gasteiger partial charge in [0.2, 0.25) is 5.91 Å². The number of nitrogens with zero attached hydrogens (tertiary/aromatic N) is 1. The second kappa shape index (κ2) is 11.2. The van der Waals surface area contributed by atoms with Gasteiger partial charge in [0.05, 0.1) is 0 Å². The molecule has 5 amide bonds. The van der Waals surface area contributed by atoms with Crippen molar-refractivity contribution in [2.75, 3.05) is 23.7 Å². The van der Waals surface area contributed by atoms with E-state index >= 15 is 0 Å². The molecule has 2 aromatic rings. The summed E-state index contributed by atoms with van der Waals surface area (Å²) in [6.07, 6.45) is 2.07. The van der Waals surface area contributed by atoms with Gasteiger partial charge in [-0.1, -0.05) is 44.2 Å². The van der Waals surface area contributed by atoms with Crippen LogP contribution in [-0.2, 0) is 11.3 Å². The maximum Gasteiger partial charge on any atom is 0.321 e. The fraction of sp³-hybridized carbons (Fsp3) is 0.375. The molecule has 3 rings (SSSR count). The highest BCUT2D eigenvalue weighted by atomic mass is 16.2. The summed E-state index contributed by atoms with van der Waals surface area (Å²) in [7, 11) is 0. The number of hydrogen-bond donors (Lipinski definition) is 4. The Morgan fingerprint density at radius 3 is 2.28 bits per heavy atom. The summed E-state index contributed by atoms with van der Waals surface area (Å²) < 4.78 is 0. The molecule has 1 aliphatic rings. The van der Waals surface area contributed by atoms with Crippen molar-refractivity contribution in [2.45, 2.75) is 39.3 Å². The van der Waals surface area contributed by atoms with E-state index in [4.69, 9.17) is 0 Å². The molecule has 1 saturated heterocycles. The number of amides is 5. The van der Waals surface area contributed by atoms with Crippen LogP contribution in [0.15, 0.2) is 54.6 Å². The maximum atomic E-state index is 12.8. The van der Waals surface area contributed by atoms with Crippen molar-refractivity contribution in [3.63, 3.8) is 0 Å². The van der Waals surface area contributed by atoms with Gasteiger partial charge in [-0.25, -0.2) is 9.59 Å². The van der Waals surface area contributed by atoms with E-state index in [1.807, 2.05) is 56.3 Å². The average Bonchev–Trinajstić information content (AvgIpc) is 3.32. The molecule has 32 heavy (non-hydrogen) atoms. The number of carbonyl (C=O) groups is 3. The Bertz CT molecular complexity index is 926. The SMILES string of the molecule is CC(C)C(NC(=O)Nc1ccccc1)C(=O)NCc1cccc(NC(=O)N2CCCC2)c1. The van der Waals surface area contributed by atoms with Gasteiger partial charge in [-0.15, -0.1) is 0 Å². The van der Waals surface area contributed by atoms with Crippen LogP contribution in [-0.4, -0.2) is 42.0 Å². The lowest BCUT2D eigenvalue weighted by Crippen LogP contribution is -2.50. The van der Waals surface area contributed by atoms with Gasteiger partial charge in [0.1, 0.15) is 6.04 Å². The zero-order chi connectivity index (χ0) is 22.9. The van der Waals surface area contributed by atoms with Crippen molar-refractivity contribution in [3.05, 3.63) is 60.2 Å². The van der Waals surface area contributed by atoms with E-state index in [0.717, 1.165) is 31.5 Å². The number of para-hydroxylation sites is 1. The molecule has 8 heteroatoms. The van der Waals surface area contributed by atoms with E-state index in [2.05, 4.69) is 21.3 Å². The predicted octanol–water partition coefficient (Wildman–Crippen LogP) is 3.78. The Hall–Kier alpha value is -3.55. The van der Waals surface area contributed by atoms with E-state index in [-0.39, 0.29) is 24.4 Å². The van der Waals surface area contributed by atoms with E-state index < -0.39 is 12.1 Å². The molecule has 0 aliphatic carbocycles. The molecule has 1 heterocycles. The molecule has 0 saturated carbocycles. The second-order valence-electron chi connectivity index (χ2n) is 8.23. The van der Waals surface area contributed by atoms with Gasteiger partial charge in [-0.2, -0.15) is 0 Å². The molecular weight excluding hydrogens is 406 g/mol. The van der Waals surface area contributed by atoms with Crippen LogP contribution in [0.5, 0.6) is 0 Å². The van der Waals surface area contributed by atoms with E-state index in [9.17, 15) is 14.4 Å². The number of hydrogen-bond acceptors (Lipinski definition) is 3. The third-order valence-electron chi connectivity index (χ3n) is 5.31. The molecule has 2 aromatic carbocycles. The molecule has 1 aliphatic heterocycles. The number of likely N-dealkylation sites (tertiary alicyclic amines) is 1. The minimum absolute atomic E-state index is 0.0948. The van der Waals surface area contributed by atoms with Crippen LogP contribution in [0.1, 0.15) is 32.3 Å². The minimum Gasteiger partial charge on any atom is -0.350 e. The first-order valence-electron chi connectivity index (χ1n) is 11.0. The second-order valence-corrected chi connectivity index (χ2v) is 8.23. The number of nitrogens with one attached hydrogen (secondary N) is 4. The van der Waals surface area contributed by atoms with E-state index in [1.165, 1.54) is 0 Å². The lowest BCUT2D eigenvalue weighted by molar-refractivity contribution is -0.124. The van der Waals surface area contributed by atoms with E-state index in [1.54, 1.807) is 17.0 Å². The fourth-order valence-corrected chi connectivity index (χ4v) is 3.55. The smallest absolute Gasteiger partial charge is 0.321 e. The summed E-state index contributed by atoms with van der Waals surface area (Å²) >= 11 is 0. The first kappa shape index (κ1) is 23.1. The summed E-state index contributed by atoms with van der Waals surface area (Å²) in [5.74, 6) is -0.364. The Morgan fingerprint density at radius 1 is 0.906 bits per heavy atom. The Morgan fingerprint density at radius 2 is 1.59 bits per heavy atom. The monoisotopic (exact) mass is 437 g/mol. The molecule has 1 unspecified atom stereocenters. The number of benzene rings is 2. The third kappa shape index (κ3) is 6.73. The topological polar surface area (TPSA) is 103 Å². The van der Waals surface area contributed by atoms with Crippen LogP contribution in [0.25, 0.3) is 0 Å². The molecule has 8 nitrogen and oxygen atoms in total. The highest BCUT2D eigenvalue weighted by Crippen LogP contribution is 2.14. The lowest BCUT2D eigenvalue weighted by Gasteiger charge is -2.22. The summed E-state index contributed by atoms with van der Waals surface area (Å²) in [6.45, 7) is 5.60. The first-order chi connectivity index (χ1) is 15.4. The van der Waals surface area contributed by atoms with Gasteiger partial charge in [-0.3, -0.25) is 4.79 Å². The predicted molar refractivity (Wildman–Crippen MR) is 125 cm³/mol. The summed E-state index contributed by atoms with van der Waals surface area (Å²) in [4.78, 5) is 39.2. The van der Waals surface area contributed by atoms with Crippen LogP contribution in [0, 0.1) is 5.92 Å². The van der Waals surface area contributed by atoms with Crippen molar-refractivity contribution >= 4 is 29.3 Å². The molecule has 0 aromatic heterocycles. The van der Waals surface area contributed by atoms with Crippen LogP contribution in [0.2, 0.25) is 0 Å². The minimum atomic E-state index is -0.684. The number of rotatable bonds is 7. The Kier molecular flexibility index (Phi) is 8.08. The lowest BCUT2D eigenvalue weighted by atomic mass is 10.0. The molecular formula is C24H31N5O3. The number of carbonyl (C=O) groups excluding carboxylic acids is 3. The van der Waals surface area contributed by atoms with Crippen LogP contribution in [0.4, 0.5) is 21.0 Å². The summed E-state index contributed by atoms with van der Waals surface area (Å²) in [5.41, 5.74) is 2.20. The zero-order valence-corrected chi connectivity index (χ0v) is 18.6. The highest BCUT2D eigenvalue weighted by Gasteiger charge is 2.24. The van der Waals surface area contributed by atoms with Gasteiger partial charge in [0.25, 0.3) is 0 Å². The molecule has 0 spiro atoms. The standard InChI is InChI=1S/C24H31N5O3/c1-17(2)21(28-23(31)26-19-10-4-3-5-11-19)22(30)25-16-18-9-8-12-20(15-18)27-24(32)29-13-6-7-14-29/h3-5,8-12,15,17,21H,6-7,13-14,16H2,1-2H3,(H,25,30)(H,27,32)(H2,26,28,31). The van der Waals surface area contributed by atoms with E-state index in [0.29, 0.717) is 11.4 Å². The van der Waals surface area contributed by atoms with Gasteiger partial charge in [0.15, 0.2) is 0 Å². The third-order valence-corrected chi connectivity index (χ3v) is 5.31. The van der Waals surface area contributed by atoms with Crippen molar-refractivity contribution in [1.82, 2.24) is 15.5 Å². The van der Waals surface area contributed by atoms with Crippen molar-refractivity contribution in [3.8, 4) is 0 Å². The van der Waals surface area contributed by atoms with Crippen LogP contribution >= 0.6 is 0 Å². The van der Waals surface area contributed by atoms with Gasteiger partial charge in [0, 0.05) is 31.0 Å². The quantitative estimate of drug-likeness (QED) is 0.530. The zero-order valence-electron chi connectivity index (χ0n) is 18.6. The van der Waals surface area contributed by atoms with Crippen LogP contribution < -0.4 is 21.3 Å². The molecule has 0 bridgehead atoms. The van der Waals surface area contributed by atoms with Crippen molar-refractivity contribution in [2.24, 2.45) is 5.92 Å². The molecule has 170 valence electrons. The summed E-state index contributed by atoms with van der Waals surface area (Å²) in [5, 5.41) is 11.3. The largest absolute Gasteiger partial charge is 0.350 e. The fourth-order valence-electron chi connectivity index (χ4n) is 3.55. The van der Waals surface area contributed by atoms with Crippen molar-refractivity contribution < 1.29 is 14.4 Å². The number of urea groups is 2. The van der Waals surface area contributed by atoms with Crippen LogP contribution in [0.3, 0.4) is 0 Å². The Balaban J connectivity index is 1.53. The van der Waals surface area contributed by atoms with Gasteiger partial charge < -0.3 is 26.2 Å². The first-order valence-corrected chi connectivity index (χ1v) is 11.0. The molecule has 4 N–H and O–H groups in total. The van der Waals surface area contributed by atoms with Gasteiger partial charge in [-0.05, 0) is 48.6 Å². The number of anilines is 2. The Labute approximate surface area is 188 Å². The summed E-state index contributed by atoms with van der Waals surface area (Å²) in [6, 6.07) is 15.2. The van der Waals surface area contributed by atoms with Gasteiger partial charge >= 0.3 is 12.1 Å². The average molecular weight is 438 g/mol. The molecule has 0 radical (unpaired) electrons. The highest BCUT2D eigenvalue weighted by molar-refractivity contribution is 5.94. The van der Waals surface area contributed by atoms with Crippen molar-refractivity contribution in [1.29, 1.82) is 0 Å². The molecule has 1 fully saturated rings. The maximum absolute atomic E-state index is 12.8.